The van der Waals surface area contributed by atoms with E-state index >= 15 is 0 Å². The number of benzene rings is 2. The molecule has 0 aliphatic heterocycles. The van der Waals surface area contributed by atoms with E-state index in [4.69, 9.17) is 0 Å². The Labute approximate surface area is 156 Å². The van der Waals surface area contributed by atoms with Gasteiger partial charge in [-0.2, -0.15) is 0 Å². The second-order valence-electron chi connectivity index (χ2n) is 5.37. The number of rotatable bonds is 6. The van der Waals surface area contributed by atoms with Gasteiger partial charge in [-0.05, 0) is 29.8 Å². The van der Waals surface area contributed by atoms with E-state index in [0.29, 0.717) is 11.4 Å². The van der Waals surface area contributed by atoms with Crippen molar-refractivity contribution in [3.8, 4) is 0 Å². The van der Waals surface area contributed by atoms with E-state index in [1.54, 1.807) is 17.5 Å². The third-order valence-corrected chi connectivity index (χ3v) is 5.49. The molecule has 1 amide bonds. The molecule has 0 aliphatic carbocycles. The third kappa shape index (κ3) is 5.09. The summed E-state index contributed by atoms with van der Waals surface area (Å²) in [5.41, 5.74) is 1.76. The molecule has 1 aromatic heterocycles. The summed E-state index contributed by atoms with van der Waals surface area (Å²) in [5.74, 6) is -1.98. The van der Waals surface area contributed by atoms with Crippen molar-refractivity contribution in [1.29, 1.82) is 0 Å². The van der Waals surface area contributed by atoms with Crippen LogP contribution in [-0.4, -0.2) is 10.9 Å². The number of carbonyl (C=O) groups excluding carboxylic acids is 1. The lowest BCUT2D eigenvalue weighted by atomic mass is 10.2. The summed E-state index contributed by atoms with van der Waals surface area (Å²) in [7, 11) is 0. The molecule has 0 spiro atoms. The second-order valence-corrected chi connectivity index (χ2v) is 7.45. The zero-order chi connectivity index (χ0) is 18.5. The molecule has 2 aromatic carbocycles. The van der Waals surface area contributed by atoms with Gasteiger partial charge in [-0.25, -0.2) is 18.2 Å². The van der Waals surface area contributed by atoms with E-state index in [1.165, 1.54) is 41.3 Å². The summed E-state index contributed by atoms with van der Waals surface area (Å²) in [4.78, 5) is 16.4. The number of nitrogens with one attached hydrogen (secondary N) is 1. The van der Waals surface area contributed by atoms with Gasteiger partial charge in [0.1, 0.15) is 10.2 Å². The number of halogens is 3. The van der Waals surface area contributed by atoms with Crippen LogP contribution < -0.4 is 5.32 Å². The zero-order valence-corrected chi connectivity index (χ0v) is 15.0. The second kappa shape index (κ2) is 8.37. The smallest absolute Gasteiger partial charge is 0.230 e. The third-order valence-electron chi connectivity index (χ3n) is 3.35. The number of carbonyl (C=O) groups is 1. The van der Waals surface area contributed by atoms with Crippen LogP contribution in [0.25, 0.3) is 0 Å². The van der Waals surface area contributed by atoms with Gasteiger partial charge in [-0.15, -0.1) is 11.3 Å². The van der Waals surface area contributed by atoms with Gasteiger partial charge in [0.15, 0.2) is 11.6 Å². The van der Waals surface area contributed by atoms with Gasteiger partial charge in [0, 0.05) is 22.9 Å². The topological polar surface area (TPSA) is 42.0 Å². The summed E-state index contributed by atoms with van der Waals surface area (Å²) in [6.07, 6.45) is 0.0343. The van der Waals surface area contributed by atoms with Crippen LogP contribution >= 0.6 is 23.1 Å². The lowest BCUT2D eigenvalue weighted by Crippen LogP contribution is -2.14. The average Bonchev–Trinajstić information content (AvgIpc) is 3.05. The molecule has 8 heteroatoms. The van der Waals surface area contributed by atoms with Gasteiger partial charge in [0.2, 0.25) is 5.91 Å². The molecule has 1 N–H and O–H groups in total. The highest BCUT2D eigenvalue weighted by Gasteiger charge is 2.10. The van der Waals surface area contributed by atoms with Crippen LogP contribution in [0.2, 0.25) is 0 Å². The fourth-order valence-corrected chi connectivity index (χ4v) is 3.91. The number of aromatic nitrogens is 1. The van der Waals surface area contributed by atoms with Crippen LogP contribution in [0.1, 0.15) is 11.3 Å². The largest absolute Gasteiger partial charge is 0.326 e. The van der Waals surface area contributed by atoms with E-state index in [1.807, 2.05) is 0 Å². The van der Waals surface area contributed by atoms with Crippen molar-refractivity contribution in [3.05, 3.63) is 76.6 Å². The van der Waals surface area contributed by atoms with Gasteiger partial charge in [0.25, 0.3) is 0 Å². The highest BCUT2D eigenvalue weighted by atomic mass is 32.2. The molecule has 0 fully saturated rings. The van der Waals surface area contributed by atoms with Crippen molar-refractivity contribution in [2.75, 3.05) is 5.32 Å². The number of hydrogen-bond acceptors (Lipinski definition) is 4. The van der Waals surface area contributed by atoms with Gasteiger partial charge in [-0.3, -0.25) is 4.79 Å². The molecule has 0 aliphatic rings. The molecular formula is C18H13F3N2OS2. The van der Waals surface area contributed by atoms with Crippen molar-refractivity contribution in [2.45, 2.75) is 16.5 Å². The Morgan fingerprint density at radius 1 is 1.08 bits per heavy atom. The summed E-state index contributed by atoms with van der Waals surface area (Å²) in [5, 5.41) is 4.28. The summed E-state index contributed by atoms with van der Waals surface area (Å²) < 4.78 is 39.7. The van der Waals surface area contributed by atoms with Gasteiger partial charge in [0.05, 0.1) is 12.1 Å². The first-order valence-electron chi connectivity index (χ1n) is 7.56. The van der Waals surface area contributed by atoms with Gasteiger partial charge in [-0.1, -0.05) is 23.9 Å². The minimum absolute atomic E-state index is 0.0343. The van der Waals surface area contributed by atoms with E-state index in [2.05, 4.69) is 10.3 Å². The normalized spacial score (nSPS) is 10.7. The highest BCUT2D eigenvalue weighted by molar-refractivity contribution is 8.00. The number of amides is 1. The average molecular weight is 394 g/mol. The van der Waals surface area contributed by atoms with Crippen molar-refractivity contribution in [2.24, 2.45) is 0 Å². The Morgan fingerprint density at radius 2 is 1.85 bits per heavy atom. The van der Waals surface area contributed by atoms with Crippen LogP contribution in [0, 0.1) is 17.5 Å². The molecule has 3 rings (SSSR count). The Kier molecular flexibility index (Phi) is 5.95. The molecule has 0 atom stereocenters. The molecule has 0 radical (unpaired) electrons. The van der Waals surface area contributed by atoms with Crippen molar-refractivity contribution in [1.82, 2.24) is 4.98 Å². The Hall–Kier alpha value is -2.32. The van der Waals surface area contributed by atoms with Crippen LogP contribution in [0.4, 0.5) is 18.9 Å². The predicted molar refractivity (Wildman–Crippen MR) is 96.8 cm³/mol. The summed E-state index contributed by atoms with van der Waals surface area (Å²) >= 11 is 2.91. The first kappa shape index (κ1) is 18.5. The van der Waals surface area contributed by atoms with Crippen LogP contribution in [0.5, 0.6) is 0 Å². The number of hydrogen-bond donors (Lipinski definition) is 1. The SMILES string of the molecule is O=C(Cc1csc(SCc2ccc(F)cc2)n1)Nc1ccc(F)c(F)c1. The maximum atomic E-state index is 13.1. The number of thioether (sulfide) groups is 1. The fourth-order valence-electron chi connectivity index (χ4n) is 2.11. The minimum Gasteiger partial charge on any atom is -0.326 e. The molecule has 0 bridgehead atoms. The standard InChI is InChI=1S/C18H13F3N2OS2/c19-12-3-1-11(2-4-12)9-25-18-23-14(10-26-18)8-17(24)22-13-5-6-15(20)16(21)7-13/h1-7,10H,8-9H2,(H,22,24). The van der Waals surface area contributed by atoms with Crippen molar-refractivity contribution < 1.29 is 18.0 Å². The first-order chi connectivity index (χ1) is 12.5. The van der Waals surface area contributed by atoms with Crippen molar-refractivity contribution in [3.63, 3.8) is 0 Å². The van der Waals surface area contributed by atoms with Crippen LogP contribution in [-0.2, 0) is 17.0 Å². The van der Waals surface area contributed by atoms with E-state index in [0.717, 1.165) is 22.0 Å². The molecule has 1 heterocycles. The van der Waals surface area contributed by atoms with E-state index in [9.17, 15) is 18.0 Å². The number of anilines is 1. The maximum Gasteiger partial charge on any atom is 0.230 e. The Bertz CT molecular complexity index is 913. The molecule has 26 heavy (non-hydrogen) atoms. The molecule has 0 unspecified atom stereocenters. The lowest BCUT2D eigenvalue weighted by Gasteiger charge is -2.04. The molecule has 0 saturated heterocycles. The summed E-state index contributed by atoms with van der Waals surface area (Å²) in [6, 6.07) is 9.42. The number of nitrogens with zero attached hydrogens (tertiary/aromatic N) is 1. The van der Waals surface area contributed by atoms with Crippen LogP contribution in [0.3, 0.4) is 0 Å². The van der Waals surface area contributed by atoms with Crippen LogP contribution in [0.15, 0.2) is 52.2 Å². The fraction of sp³-hybridized carbons (Fsp3) is 0.111. The first-order valence-corrected chi connectivity index (χ1v) is 9.42. The van der Waals surface area contributed by atoms with Crippen molar-refractivity contribution >= 4 is 34.7 Å². The minimum atomic E-state index is -1.02. The Morgan fingerprint density at radius 3 is 2.58 bits per heavy atom. The van der Waals surface area contributed by atoms with Gasteiger partial charge < -0.3 is 5.32 Å². The molecular weight excluding hydrogens is 381 g/mol. The van der Waals surface area contributed by atoms with E-state index < -0.39 is 11.6 Å². The maximum absolute atomic E-state index is 13.1. The quantitative estimate of drug-likeness (QED) is 0.596. The summed E-state index contributed by atoms with van der Waals surface area (Å²) in [6.45, 7) is 0. The number of thiazole rings is 1. The zero-order valence-electron chi connectivity index (χ0n) is 13.3. The molecule has 134 valence electrons. The highest BCUT2D eigenvalue weighted by Crippen LogP contribution is 2.26. The van der Waals surface area contributed by atoms with E-state index in [-0.39, 0.29) is 23.8 Å². The lowest BCUT2D eigenvalue weighted by molar-refractivity contribution is -0.115. The monoisotopic (exact) mass is 394 g/mol. The molecule has 3 aromatic rings. The predicted octanol–water partition coefficient (Wildman–Crippen LogP) is 5.03. The molecule has 3 nitrogen and oxygen atoms in total. The Balaban J connectivity index is 1.53. The van der Waals surface area contributed by atoms with Gasteiger partial charge >= 0.3 is 0 Å². The molecule has 0 saturated carbocycles.